The minimum atomic E-state index is -0.559. The zero-order valence-electron chi connectivity index (χ0n) is 14.1. The number of esters is 1. The van der Waals surface area contributed by atoms with Gasteiger partial charge in [0.15, 0.2) is 12.4 Å². The van der Waals surface area contributed by atoms with E-state index in [1.807, 2.05) is 12.2 Å². The van der Waals surface area contributed by atoms with Crippen molar-refractivity contribution < 1.29 is 24.0 Å². The Hall–Kier alpha value is -2.90. The highest BCUT2D eigenvalue weighted by molar-refractivity contribution is 5.94. The number of nitro benzene ring substituents is 1. The van der Waals surface area contributed by atoms with Gasteiger partial charge in [0.05, 0.1) is 18.5 Å². The average molecular weight is 348 g/mol. The smallest absolute Gasteiger partial charge is 0.311 e. The topological polar surface area (TPSA) is 108 Å². The third-order valence-electron chi connectivity index (χ3n) is 3.90. The molecule has 1 atom stereocenters. The van der Waals surface area contributed by atoms with E-state index < -0.39 is 23.4 Å². The maximum atomic E-state index is 11.9. The number of nitrogens with one attached hydrogen (secondary N) is 1. The predicted molar refractivity (Wildman–Crippen MR) is 90.5 cm³/mol. The number of hydrogen-bond donors (Lipinski definition) is 1. The Morgan fingerprint density at radius 2 is 2.16 bits per heavy atom. The molecule has 1 aliphatic carbocycles. The van der Waals surface area contributed by atoms with Crippen LogP contribution in [0.3, 0.4) is 0 Å². The fraction of sp³-hybridized carbons (Fsp3) is 0.412. The molecule has 1 aliphatic rings. The number of nitrogens with zero attached hydrogens (tertiary/aromatic N) is 1. The molecule has 1 aromatic rings. The second-order valence-corrected chi connectivity index (χ2v) is 5.77. The van der Waals surface area contributed by atoms with Crippen LogP contribution in [0.4, 0.5) is 11.4 Å². The number of allylic oxidation sites excluding steroid dienone is 2. The number of ether oxygens (including phenoxy) is 2. The molecular weight excluding hydrogens is 328 g/mol. The van der Waals surface area contributed by atoms with Crippen molar-refractivity contribution in [3.63, 3.8) is 0 Å². The van der Waals surface area contributed by atoms with Crippen LogP contribution in [0.1, 0.15) is 24.8 Å². The number of anilines is 1. The van der Waals surface area contributed by atoms with E-state index >= 15 is 0 Å². The quantitative estimate of drug-likeness (QED) is 0.351. The molecule has 0 saturated heterocycles. The molecule has 8 nitrogen and oxygen atoms in total. The molecule has 0 fully saturated rings. The lowest BCUT2D eigenvalue weighted by atomic mass is 10.1. The summed E-state index contributed by atoms with van der Waals surface area (Å²) in [7, 11) is 1.31. The molecule has 1 N–H and O–H groups in total. The Morgan fingerprint density at radius 3 is 2.76 bits per heavy atom. The number of rotatable bonds is 7. The van der Waals surface area contributed by atoms with Gasteiger partial charge in [-0.1, -0.05) is 12.2 Å². The van der Waals surface area contributed by atoms with E-state index in [0.29, 0.717) is 11.3 Å². The maximum absolute atomic E-state index is 11.9. The van der Waals surface area contributed by atoms with Crippen molar-refractivity contribution in [1.82, 2.24) is 0 Å². The lowest BCUT2D eigenvalue weighted by Gasteiger charge is -2.11. The standard InChI is InChI=1S/C17H20N2O6/c1-11-7-14(19(22)23)15(24-2)9-13(11)18-16(20)10-25-17(21)8-12-5-3-4-6-12/h3,5,7,9,12H,4,6,8,10H2,1-2H3,(H,18,20)/t12-/m1/s1. The Kier molecular flexibility index (Phi) is 6.10. The number of aryl methyl sites for hydroxylation is 1. The molecule has 0 radical (unpaired) electrons. The first-order valence-electron chi connectivity index (χ1n) is 7.86. The van der Waals surface area contributed by atoms with Crippen molar-refractivity contribution in [1.29, 1.82) is 0 Å². The van der Waals surface area contributed by atoms with Crippen molar-refractivity contribution in [3.8, 4) is 5.75 Å². The summed E-state index contributed by atoms with van der Waals surface area (Å²) in [4.78, 5) is 34.1. The van der Waals surface area contributed by atoms with Gasteiger partial charge in [0.2, 0.25) is 0 Å². The van der Waals surface area contributed by atoms with E-state index in [2.05, 4.69) is 5.32 Å². The van der Waals surface area contributed by atoms with Gasteiger partial charge in [-0.3, -0.25) is 19.7 Å². The van der Waals surface area contributed by atoms with E-state index in [4.69, 9.17) is 9.47 Å². The van der Waals surface area contributed by atoms with Gasteiger partial charge < -0.3 is 14.8 Å². The Balaban J connectivity index is 1.92. The third-order valence-corrected chi connectivity index (χ3v) is 3.90. The molecule has 0 spiro atoms. The van der Waals surface area contributed by atoms with Crippen molar-refractivity contribution in [3.05, 3.63) is 40.0 Å². The Labute approximate surface area is 145 Å². The van der Waals surface area contributed by atoms with Gasteiger partial charge in [0.25, 0.3) is 5.91 Å². The van der Waals surface area contributed by atoms with E-state index in [0.717, 1.165) is 12.8 Å². The maximum Gasteiger partial charge on any atom is 0.311 e. The molecule has 8 heteroatoms. The highest BCUT2D eigenvalue weighted by Crippen LogP contribution is 2.32. The van der Waals surface area contributed by atoms with E-state index in [9.17, 15) is 19.7 Å². The highest BCUT2D eigenvalue weighted by atomic mass is 16.6. The second-order valence-electron chi connectivity index (χ2n) is 5.77. The summed E-state index contributed by atoms with van der Waals surface area (Å²) in [6.07, 6.45) is 6.14. The third kappa shape index (κ3) is 5.03. The monoisotopic (exact) mass is 348 g/mol. The summed E-state index contributed by atoms with van der Waals surface area (Å²) >= 11 is 0. The van der Waals surface area contributed by atoms with Gasteiger partial charge in [-0.2, -0.15) is 0 Å². The van der Waals surface area contributed by atoms with Gasteiger partial charge >= 0.3 is 11.7 Å². The summed E-state index contributed by atoms with van der Waals surface area (Å²) in [5, 5.41) is 13.5. The molecule has 0 heterocycles. The fourth-order valence-electron chi connectivity index (χ4n) is 2.58. The van der Waals surface area contributed by atoms with Gasteiger partial charge in [-0.05, 0) is 31.2 Å². The van der Waals surface area contributed by atoms with Crippen molar-refractivity contribution in [2.75, 3.05) is 19.0 Å². The second kappa shape index (κ2) is 8.27. The summed E-state index contributed by atoms with van der Waals surface area (Å²) < 4.78 is 9.94. The van der Waals surface area contributed by atoms with Gasteiger partial charge in [0, 0.05) is 17.8 Å². The largest absolute Gasteiger partial charge is 0.490 e. The number of methoxy groups -OCH3 is 1. The zero-order valence-corrected chi connectivity index (χ0v) is 14.1. The molecule has 1 aromatic carbocycles. The van der Waals surface area contributed by atoms with Crippen LogP contribution < -0.4 is 10.1 Å². The number of hydrogen-bond acceptors (Lipinski definition) is 6. The summed E-state index contributed by atoms with van der Waals surface area (Å²) in [6.45, 7) is 1.22. The van der Waals surface area contributed by atoms with E-state index in [-0.39, 0.29) is 23.8 Å². The first-order valence-corrected chi connectivity index (χ1v) is 7.86. The molecule has 1 amide bonds. The molecule has 134 valence electrons. The summed E-state index contributed by atoms with van der Waals surface area (Å²) in [6, 6.07) is 2.68. The predicted octanol–water partition coefficient (Wildman–Crippen LogP) is 2.75. The molecule has 0 unspecified atom stereocenters. The molecule has 0 aliphatic heterocycles. The van der Waals surface area contributed by atoms with Crippen LogP contribution in [0, 0.1) is 23.0 Å². The van der Waals surface area contributed by atoms with Gasteiger partial charge in [-0.15, -0.1) is 0 Å². The van der Waals surface area contributed by atoms with Crippen LogP contribution in [-0.2, 0) is 14.3 Å². The van der Waals surface area contributed by atoms with Crippen LogP contribution in [0.15, 0.2) is 24.3 Å². The summed E-state index contributed by atoms with van der Waals surface area (Å²) in [5.74, 6) is -0.730. The average Bonchev–Trinajstić information content (AvgIpc) is 3.07. The number of amides is 1. The molecule has 0 saturated carbocycles. The lowest BCUT2D eigenvalue weighted by Crippen LogP contribution is -2.22. The fourth-order valence-corrected chi connectivity index (χ4v) is 2.58. The summed E-state index contributed by atoms with van der Waals surface area (Å²) in [5.41, 5.74) is 0.680. The van der Waals surface area contributed by atoms with Crippen LogP contribution in [0.25, 0.3) is 0 Å². The molecule has 25 heavy (non-hydrogen) atoms. The minimum absolute atomic E-state index is 0.0379. The minimum Gasteiger partial charge on any atom is -0.490 e. The molecule has 0 aromatic heterocycles. The molecule has 2 rings (SSSR count). The van der Waals surface area contributed by atoms with Crippen LogP contribution in [-0.4, -0.2) is 30.5 Å². The Bertz CT molecular complexity index is 713. The number of carbonyl (C=O) groups excluding carboxylic acids is 2. The van der Waals surface area contributed by atoms with Crippen LogP contribution >= 0.6 is 0 Å². The van der Waals surface area contributed by atoms with E-state index in [1.165, 1.54) is 19.2 Å². The normalized spacial score (nSPS) is 15.7. The number of nitro groups is 1. The SMILES string of the molecule is COc1cc(NC(=O)COC(=O)C[C@@H]2C=CCC2)c(C)cc1[N+](=O)[O-]. The highest BCUT2D eigenvalue weighted by Gasteiger charge is 2.19. The van der Waals surface area contributed by atoms with Gasteiger partial charge in [0.1, 0.15) is 0 Å². The first kappa shape index (κ1) is 18.4. The van der Waals surface area contributed by atoms with E-state index in [1.54, 1.807) is 6.92 Å². The van der Waals surface area contributed by atoms with Crippen LogP contribution in [0.2, 0.25) is 0 Å². The van der Waals surface area contributed by atoms with Gasteiger partial charge in [-0.25, -0.2) is 0 Å². The zero-order chi connectivity index (χ0) is 18.4. The molecular formula is C17H20N2O6. The first-order chi connectivity index (χ1) is 11.9. The number of carbonyl (C=O) groups is 2. The van der Waals surface area contributed by atoms with Crippen molar-refractivity contribution in [2.45, 2.75) is 26.2 Å². The lowest BCUT2D eigenvalue weighted by molar-refractivity contribution is -0.385. The Morgan fingerprint density at radius 1 is 1.40 bits per heavy atom. The van der Waals surface area contributed by atoms with Crippen molar-refractivity contribution >= 4 is 23.3 Å². The number of benzene rings is 1. The van der Waals surface area contributed by atoms with Crippen LogP contribution in [0.5, 0.6) is 5.75 Å². The van der Waals surface area contributed by atoms with Crippen molar-refractivity contribution in [2.24, 2.45) is 5.92 Å². The molecule has 0 bridgehead atoms.